The van der Waals surface area contributed by atoms with Gasteiger partial charge in [-0.1, -0.05) is 13.3 Å². The van der Waals surface area contributed by atoms with Crippen molar-refractivity contribution < 1.29 is 14.3 Å². The maximum atomic E-state index is 12.2. The van der Waals surface area contributed by atoms with Crippen molar-refractivity contribution in [1.29, 1.82) is 0 Å². The van der Waals surface area contributed by atoms with E-state index in [1.54, 1.807) is 0 Å². The lowest BCUT2D eigenvalue weighted by atomic mass is 10.3. The molecule has 0 saturated carbocycles. The fourth-order valence-corrected chi connectivity index (χ4v) is 2.70. The van der Waals surface area contributed by atoms with Crippen molar-refractivity contribution in [2.75, 3.05) is 24.3 Å². The summed E-state index contributed by atoms with van der Waals surface area (Å²) in [6, 6.07) is 7.45. The second-order valence-corrected chi connectivity index (χ2v) is 5.87. The predicted molar refractivity (Wildman–Crippen MR) is 86.6 cm³/mol. The standard InChI is InChI=1S/C16H21NO3S/c1-3-4-9-20-14-7-5-13(6-8-14)17-16(18)15-12(2)19-10-11-21-15/h5-8H,3-4,9-11H2,1-2H3,(H,17,18). The average molecular weight is 307 g/mol. The number of carbonyl (C=O) groups excluding carboxylic acids is 1. The SMILES string of the molecule is CCCCOc1ccc(NC(=O)C2=C(C)OCCS2)cc1. The lowest BCUT2D eigenvalue weighted by Gasteiger charge is -2.17. The number of thioether (sulfide) groups is 1. The van der Waals surface area contributed by atoms with Crippen LogP contribution in [0.4, 0.5) is 5.69 Å². The lowest BCUT2D eigenvalue weighted by Crippen LogP contribution is -2.18. The second-order valence-electron chi connectivity index (χ2n) is 4.76. The maximum Gasteiger partial charge on any atom is 0.265 e. The van der Waals surface area contributed by atoms with Crippen LogP contribution in [0.3, 0.4) is 0 Å². The molecule has 1 aromatic carbocycles. The molecular formula is C16H21NO3S. The minimum atomic E-state index is -0.114. The molecule has 2 rings (SSSR count). The summed E-state index contributed by atoms with van der Waals surface area (Å²) in [5.74, 6) is 2.22. The number of nitrogens with one attached hydrogen (secondary N) is 1. The number of anilines is 1. The van der Waals surface area contributed by atoms with E-state index in [1.807, 2.05) is 31.2 Å². The Morgan fingerprint density at radius 1 is 1.38 bits per heavy atom. The molecule has 0 unspecified atom stereocenters. The highest BCUT2D eigenvalue weighted by Crippen LogP contribution is 2.27. The Labute approximate surface area is 129 Å². The molecule has 1 aliphatic rings. The molecule has 0 aliphatic carbocycles. The third-order valence-corrected chi connectivity index (χ3v) is 4.19. The summed E-state index contributed by atoms with van der Waals surface area (Å²) < 4.78 is 11.0. The van der Waals surface area contributed by atoms with Gasteiger partial charge in [0.25, 0.3) is 5.91 Å². The molecule has 114 valence electrons. The summed E-state index contributed by atoms with van der Waals surface area (Å²) >= 11 is 1.53. The smallest absolute Gasteiger partial charge is 0.265 e. The van der Waals surface area contributed by atoms with Gasteiger partial charge in [-0.25, -0.2) is 0 Å². The van der Waals surface area contributed by atoms with E-state index in [0.717, 1.165) is 36.6 Å². The minimum absolute atomic E-state index is 0.114. The highest BCUT2D eigenvalue weighted by molar-refractivity contribution is 8.04. The molecule has 0 fully saturated rings. The molecule has 1 aliphatic heterocycles. The fraction of sp³-hybridized carbons (Fsp3) is 0.438. The highest BCUT2D eigenvalue weighted by atomic mass is 32.2. The normalized spacial score (nSPS) is 14.6. The van der Waals surface area contributed by atoms with Crippen LogP contribution in [0.25, 0.3) is 0 Å². The van der Waals surface area contributed by atoms with Crippen LogP contribution >= 0.6 is 11.8 Å². The molecule has 1 heterocycles. The summed E-state index contributed by atoms with van der Waals surface area (Å²) in [6.07, 6.45) is 2.16. The zero-order chi connectivity index (χ0) is 15.1. The van der Waals surface area contributed by atoms with E-state index in [2.05, 4.69) is 12.2 Å². The van der Waals surface area contributed by atoms with Crippen molar-refractivity contribution in [1.82, 2.24) is 0 Å². The largest absolute Gasteiger partial charge is 0.496 e. The van der Waals surface area contributed by atoms with E-state index in [4.69, 9.17) is 9.47 Å². The predicted octanol–water partition coefficient (Wildman–Crippen LogP) is 3.80. The van der Waals surface area contributed by atoms with Gasteiger partial charge in [-0.3, -0.25) is 4.79 Å². The lowest BCUT2D eigenvalue weighted by molar-refractivity contribution is -0.112. The molecule has 0 atom stereocenters. The topological polar surface area (TPSA) is 47.6 Å². The Hall–Kier alpha value is -1.62. The highest BCUT2D eigenvalue weighted by Gasteiger charge is 2.18. The average Bonchev–Trinajstić information content (AvgIpc) is 2.49. The number of amides is 1. The van der Waals surface area contributed by atoms with E-state index in [0.29, 0.717) is 17.3 Å². The van der Waals surface area contributed by atoms with Gasteiger partial charge in [0.1, 0.15) is 16.4 Å². The zero-order valence-electron chi connectivity index (χ0n) is 12.5. The molecule has 4 nitrogen and oxygen atoms in total. The van der Waals surface area contributed by atoms with Crippen LogP contribution in [0.2, 0.25) is 0 Å². The molecule has 0 radical (unpaired) electrons. The number of unbranched alkanes of at least 4 members (excludes halogenated alkanes) is 1. The summed E-state index contributed by atoms with van der Waals surface area (Å²) in [4.78, 5) is 12.8. The Bertz CT molecular complexity index is 511. The van der Waals surface area contributed by atoms with Crippen LogP contribution in [-0.2, 0) is 9.53 Å². The van der Waals surface area contributed by atoms with Crippen LogP contribution in [0.15, 0.2) is 34.9 Å². The van der Waals surface area contributed by atoms with Crippen LogP contribution in [0, 0.1) is 0 Å². The van der Waals surface area contributed by atoms with E-state index in [1.165, 1.54) is 11.8 Å². The number of ether oxygens (including phenoxy) is 2. The van der Waals surface area contributed by atoms with Crippen molar-refractivity contribution in [3.05, 3.63) is 34.9 Å². The molecule has 0 bridgehead atoms. The van der Waals surface area contributed by atoms with Crippen molar-refractivity contribution in [3.63, 3.8) is 0 Å². The van der Waals surface area contributed by atoms with Crippen molar-refractivity contribution in [2.45, 2.75) is 26.7 Å². The number of hydrogen-bond acceptors (Lipinski definition) is 4. The Morgan fingerprint density at radius 2 is 2.14 bits per heavy atom. The van der Waals surface area contributed by atoms with Crippen molar-refractivity contribution >= 4 is 23.4 Å². The van der Waals surface area contributed by atoms with Crippen molar-refractivity contribution in [2.24, 2.45) is 0 Å². The Kier molecular flexibility index (Phi) is 5.99. The van der Waals surface area contributed by atoms with Crippen LogP contribution < -0.4 is 10.1 Å². The number of rotatable bonds is 6. The van der Waals surface area contributed by atoms with Crippen LogP contribution in [-0.4, -0.2) is 24.9 Å². The Balaban J connectivity index is 1.92. The van der Waals surface area contributed by atoms with Gasteiger partial charge in [0, 0.05) is 11.4 Å². The van der Waals surface area contributed by atoms with Gasteiger partial charge in [-0.2, -0.15) is 0 Å². The zero-order valence-corrected chi connectivity index (χ0v) is 13.3. The third-order valence-electron chi connectivity index (χ3n) is 3.05. The summed E-state index contributed by atoms with van der Waals surface area (Å²) in [7, 11) is 0. The number of allylic oxidation sites excluding steroid dienone is 1. The van der Waals surface area contributed by atoms with Gasteiger partial charge in [-0.05, 0) is 37.6 Å². The van der Waals surface area contributed by atoms with Crippen LogP contribution in [0.5, 0.6) is 5.75 Å². The number of hydrogen-bond donors (Lipinski definition) is 1. The summed E-state index contributed by atoms with van der Waals surface area (Å²) in [5.41, 5.74) is 0.759. The van der Waals surface area contributed by atoms with Crippen LogP contribution in [0.1, 0.15) is 26.7 Å². The molecule has 0 aromatic heterocycles. The Morgan fingerprint density at radius 3 is 2.81 bits per heavy atom. The molecule has 1 aromatic rings. The second kappa shape index (κ2) is 7.98. The summed E-state index contributed by atoms with van der Waals surface area (Å²) in [5, 5.41) is 2.88. The molecule has 0 saturated heterocycles. The van der Waals surface area contributed by atoms with Gasteiger partial charge in [-0.15, -0.1) is 11.8 Å². The van der Waals surface area contributed by atoms with Gasteiger partial charge < -0.3 is 14.8 Å². The van der Waals surface area contributed by atoms with E-state index in [9.17, 15) is 4.79 Å². The van der Waals surface area contributed by atoms with Crippen molar-refractivity contribution in [3.8, 4) is 5.75 Å². The first-order valence-corrected chi connectivity index (χ1v) is 8.20. The van der Waals surface area contributed by atoms with Gasteiger partial charge in [0.15, 0.2) is 0 Å². The molecular weight excluding hydrogens is 286 g/mol. The van der Waals surface area contributed by atoms with Gasteiger partial charge >= 0.3 is 0 Å². The molecule has 21 heavy (non-hydrogen) atoms. The fourth-order valence-electron chi connectivity index (χ4n) is 1.89. The summed E-state index contributed by atoms with van der Waals surface area (Å²) in [6.45, 7) is 5.34. The number of benzene rings is 1. The first-order valence-electron chi connectivity index (χ1n) is 7.21. The molecule has 5 heteroatoms. The van der Waals surface area contributed by atoms with Gasteiger partial charge in [0.2, 0.25) is 0 Å². The monoisotopic (exact) mass is 307 g/mol. The molecule has 1 amide bonds. The third kappa shape index (κ3) is 4.70. The first kappa shape index (κ1) is 15.8. The van der Waals surface area contributed by atoms with Gasteiger partial charge in [0.05, 0.1) is 13.2 Å². The molecule has 1 N–H and O–H groups in total. The number of carbonyl (C=O) groups is 1. The quantitative estimate of drug-likeness (QED) is 0.812. The van der Waals surface area contributed by atoms with E-state index < -0.39 is 0 Å². The molecule has 0 spiro atoms. The first-order chi connectivity index (χ1) is 10.2. The maximum absolute atomic E-state index is 12.2. The van der Waals surface area contributed by atoms with E-state index in [-0.39, 0.29) is 5.91 Å². The van der Waals surface area contributed by atoms with E-state index >= 15 is 0 Å². The minimum Gasteiger partial charge on any atom is -0.496 e.